The maximum atomic E-state index is 12.1. The summed E-state index contributed by atoms with van der Waals surface area (Å²) in [6.45, 7) is 3.66. The molecule has 0 saturated heterocycles. The van der Waals surface area contributed by atoms with Gasteiger partial charge in [-0.25, -0.2) is 0 Å². The van der Waals surface area contributed by atoms with Crippen molar-refractivity contribution in [2.45, 2.75) is 64.4 Å². The fourth-order valence-electron chi connectivity index (χ4n) is 5.87. The molecule has 3 rings (SSSR count). The molecule has 2 fully saturated rings. The van der Waals surface area contributed by atoms with E-state index in [0.717, 1.165) is 38.5 Å². The van der Waals surface area contributed by atoms with Crippen molar-refractivity contribution < 1.29 is 20.1 Å². The maximum absolute atomic E-state index is 12.1. The molecule has 3 aliphatic rings. The molecule has 4 nitrogen and oxygen atoms in total. The highest BCUT2D eigenvalue weighted by atomic mass is 16.3. The van der Waals surface area contributed by atoms with Gasteiger partial charge in [-0.3, -0.25) is 4.79 Å². The van der Waals surface area contributed by atoms with Crippen molar-refractivity contribution in [1.82, 2.24) is 0 Å². The molecule has 5 unspecified atom stereocenters. The lowest BCUT2D eigenvalue weighted by Gasteiger charge is -2.59. The monoisotopic (exact) mass is 322 g/mol. The Labute approximate surface area is 138 Å². The Hall–Kier alpha value is -0.710. The first-order valence-electron chi connectivity index (χ1n) is 8.98. The van der Waals surface area contributed by atoms with Crippen molar-refractivity contribution in [1.29, 1.82) is 0 Å². The van der Waals surface area contributed by atoms with Crippen LogP contribution in [0.2, 0.25) is 0 Å². The van der Waals surface area contributed by atoms with Gasteiger partial charge < -0.3 is 15.3 Å². The third-order valence-electron chi connectivity index (χ3n) is 7.25. The summed E-state index contributed by atoms with van der Waals surface area (Å²) in [5, 5.41) is 29.9. The van der Waals surface area contributed by atoms with Crippen LogP contribution in [-0.4, -0.2) is 39.9 Å². The summed E-state index contributed by atoms with van der Waals surface area (Å²) in [5.41, 5.74) is -0.142. The van der Waals surface area contributed by atoms with E-state index >= 15 is 0 Å². The van der Waals surface area contributed by atoms with E-state index in [-0.39, 0.29) is 23.7 Å². The Morgan fingerprint density at radius 2 is 1.96 bits per heavy atom. The number of rotatable bonds is 3. The van der Waals surface area contributed by atoms with Crippen molar-refractivity contribution in [3.8, 4) is 0 Å². The zero-order valence-electron chi connectivity index (χ0n) is 14.3. The summed E-state index contributed by atoms with van der Waals surface area (Å²) < 4.78 is 0. The highest BCUT2D eigenvalue weighted by molar-refractivity contribution is 5.87. The minimum Gasteiger partial charge on any atom is -0.393 e. The minimum absolute atomic E-state index is 0.00338. The lowest BCUT2D eigenvalue weighted by atomic mass is 9.47. The molecular formula is C19H30O4. The Balaban J connectivity index is 1.94. The van der Waals surface area contributed by atoms with Gasteiger partial charge in [-0.2, -0.15) is 0 Å². The molecule has 0 aromatic heterocycles. The lowest BCUT2D eigenvalue weighted by molar-refractivity contribution is -0.159. The predicted molar refractivity (Wildman–Crippen MR) is 87.7 cm³/mol. The topological polar surface area (TPSA) is 77.8 Å². The van der Waals surface area contributed by atoms with Crippen molar-refractivity contribution in [3.05, 3.63) is 11.6 Å². The molecule has 0 radical (unpaired) electrons. The highest BCUT2D eigenvalue weighted by Gasteiger charge is 2.57. The Bertz CT molecular complexity index is 527. The summed E-state index contributed by atoms with van der Waals surface area (Å²) in [6, 6.07) is 0. The predicted octanol–water partition coefficient (Wildman–Crippen LogP) is 2.21. The Morgan fingerprint density at radius 3 is 2.61 bits per heavy atom. The average molecular weight is 322 g/mol. The molecule has 3 aliphatic carbocycles. The number of hydrogen-bond donors (Lipinski definition) is 3. The van der Waals surface area contributed by atoms with E-state index < -0.39 is 17.6 Å². The number of carbonyl (C=O) groups excluding carboxylic acids is 1. The van der Waals surface area contributed by atoms with E-state index in [1.165, 1.54) is 5.57 Å². The van der Waals surface area contributed by atoms with Gasteiger partial charge in [0.15, 0.2) is 5.78 Å². The van der Waals surface area contributed by atoms with Crippen LogP contribution in [0.1, 0.15) is 58.8 Å². The van der Waals surface area contributed by atoms with Gasteiger partial charge in [-0.1, -0.05) is 18.6 Å². The van der Waals surface area contributed by atoms with Crippen LogP contribution >= 0.6 is 0 Å². The summed E-state index contributed by atoms with van der Waals surface area (Å²) >= 11 is 0. The third kappa shape index (κ3) is 2.50. The molecule has 0 amide bonds. The van der Waals surface area contributed by atoms with Gasteiger partial charge in [0.25, 0.3) is 0 Å². The van der Waals surface area contributed by atoms with Crippen LogP contribution in [0.4, 0.5) is 0 Å². The molecule has 0 bridgehead atoms. The van der Waals surface area contributed by atoms with Gasteiger partial charge in [-0.15, -0.1) is 0 Å². The second-order valence-corrected chi connectivity index (χ2v) is 8.52. The van der Waals surface area contributed by atoms with E-state index in [0.29, 0.717) is 12.3 Å². The van der Waals surface area contributed by atoms with Crippen molar-refractivity contribution >= 4 is 5.78 Å². The van der Waals surface area contributed by atoms with Crippen molar-refractivity contribution in [2.75, 3.05) is 13.2 Å². The highest BCUT2D eigenvalue weighted by Crippen LogP contribution is 2.61. The fraction of sp³-hybridized carbons (Fsp3) is 0.842. The van der Waals surface area contributed by atoms with Gasteiger partial charge in [-0.05, 0) is 69.1 Å². The van der Waals surface area contributed by atoms with Crippen LogP contribution in [0.15, 0.2) is 11.6 Å². The van der Waals surface area contributed by atoms with E-state index in [4.69, 9.17) is 0 Å². The van der Waals surface area contributed by atoms with E-state index in [1.54, 1.807) is 0 Å². The van der Waals surface area contributed by atoms with E-state index in [9.17, 15) is 20.1 Å². The molecular weight excluding hydrogens is 292 g/mol. The summed E-state index contributed by atoms with van der Waals surface area (Å²) in [4.78, 5) is 12.1. The van der Waals surface area contributed by atoms with Crippen molar-refractivity contribution in [2.24, 2.45) is 22.7 Å². The number of aliphatic hydroxyl groups excluding tert-OH is 2. The molecule has 23 heavy (non-hydrogen) atoms. The van der Waals surface area contributed by atoms with Crippen molar-refractivity contribution in [3.63, 3.8) is 0 Å². The summed E-state index contributed by atoms with van der Waals surface area (Å²) in [7, 11) is 0. The van der Waals surface area contributed by atoms with Gasteiger partial charge in [0, 0.05) is 5.41 Å². The molecule has 130 valence electrons. The first-order valence-corrected chi connectivity index (χ1v) is 8.98. The molecule has 0 aromatic rings. The molecule has 5 atom stereocenters. The normalized spacial score (nSPS) is 46.6. The molecule has 2 saturated carbocycles. The fourth-order valence-corrected chi connectivity index (χ4v) is 5.87. The second-order valence-electron chi connectivity index (χ2n) is 8.52. The minimum atomic E-state index is -0.944. The summed E-state index contributed by atoms with van der Waals surface area (Å²) in [6.07, 6.45) is 8.29. The Morgan fingerprint density at radius 1 is 1.22 bits per heavy atom. The molecule has 0 heterocycles. The maximum Gasteiger partial charge on any atom is 0.167 e. The number of carbonyl (C=O) groups is 1. The quantitative estimate of drug-likeness (QED) is 0.696. The molecule has 0 aromatic carbocycles. The first-order chi connectivity index (χ1) is 10.8. The second kappa shape index (κ2) is 5.68. The molecule has 0 aliphatic heterocycles. The van der Waals surface area contributed by atoms with Gasteiger partial charge >= 0.3 is 0 Å². The number of allylic oxidation sites excluding steroid dienone is 2. The molecule has 3 N–H and O–H groups in total. The van der Waals surface area contributed by atoms with E-state index in [1.807, 2.05) is 6.92 Å². The molecule has 4 heteroatoms. The lowest BCUT2D eigenvalue weighted by Crippen LogP contribution is -2.57. The number of aliphatic hydroxyl groups is 3. The molecule has 0 spiro atoms. The van der Waals surface area contributed by atoms with Crippen LogP contribution in [0.25, 0.3) is 0 Å². The van der Waals surface area contributed by atoms with Gasteiger partial charge in [0.2, 0.25) is 0 Å². The van der Waals surface area contributed by atoms with Crippen LogP contribution < -0.4 is 0 Å². The first kappa shape index (κ1) is 17.1. The van der Waals surface area contributed by atoms with Crippen LogP contribution in [-0.2, 0) is 4.79 Å². The number of hydrogen-bond acceptors (Lipinski definition) is 4. The number of fused-ring (bicyclic) bond motifs is 3. The van der Waals surface area contributed by atoms with Crippen LogP contribution in [0.5, 0.6) is 0 Å². The van der Waals surface area contributed by atoms with Crippen LogP contribution in [0, 0.1) is 22.7 Å². The van der Waals surface area contributed by atoms with E-state index in [2.05, 4.69) is 13.0 Å². The smallest absolute Gasteiger partial charge is 0.167 e. The van der Waals surface area contributed by atoms with Gasteiger partial charge in [0.1, 0.15) is 6.61 Å². The van der Waals surface area contributed by atoms with Gasteiger partial charge in [0.05, 0.1) is 12.2 Å². The largest absolute Gasteiger partial charge is 0.393 e. The number of Topliss-reactive ketones (excluding diaryl/α,β-unsaturated/α-hetero) is 1. The zero-order chi connectivity index (χ0) is 16.9. The zero-order valence-corrected chi connectivity index (χ0v) is 14.3. The average Bonchev–Trinajstić information content (AvgIpc) is 2.53. The third-order valence-corrected chi connectivity index (χ3v) is 7.25. The number of ketones is 1. The summed E-state index contributed by atoms with van der Waals surface area (Å²) in [5.74, 6) is 0.430. The Kier molecular flexibility index (Phi) is 4.23. The SMILES string of the molecule is CC1(C(=O)CO)C=C2CCC3C(O)(CO)CCCC3(C)C2CC1. The van der Waals surface area contributed by atoms with Crippen LogP contribution in [0.3, 0.4) is 0 Å². The standard InChI is InChI=1S/C19H30O4/c1-17(16(22)11-20)9-6-14-13(10-17)4-5-15-18(14,2)7-3-8-19(15,23)12-21/h10,14-15,20-21,23H,3-9,11-12H2,1-2H3.